The predicted octanol–water partition coefficient (Wildman–Crippen LogP) is 2.90. The second-order valence-corrected chi connectivity index (χ2v) is 8.43. The molecule has 1 aromatic carbocycles. The van der Waals surface area contributed by atoms with Crippen molar-refractivity contribution in [3.05, 3.63) is 23.8 Å². The van der Waals surface area contributed by atoms with Gasteiger partial charge < -0.3 is 19.5 Å². The van der Waals surface area contributed by atoms with Crippen molar-refractivity contribution in [1.82, 2.24) is 4.90 Å². The number of nitrogens with zero attached hydrogens (tertiary/aromatic N) is 2. The van der Waals surface area contributed by atoms with E-state index in [1.807, 2.05) is 0 Å². The third-order valence-electron chi connectivity index (χ3n) is 6.81. The third-order valence-corrected chi connectivity index (χ3v) is 6.81. The van der Waals surface area contributed by atoms with E-state index in [0.717, 1.165) is 69.2 Å². The van der Waals surface area contributed by atoms with Crippen LogP contribution in [0.4, 0.5) is 5.69 Å². The molecule has 5 nitrogen and oxygen atoms in total. The Hall–Kier alpha value is -1.30. The Balaban J connectivity index is 1.25. The third kappa shape index (κ3) is 3.10. The minimum Gasteiger partial charge on any atom is -0.462 e. The van der Waals surface area contributed by atoms with Crippen molar-refractivity contribution in [3.8, 4) is 5.75 Å². The zero-order valence-corrected chi connectivity index (χ0v) is 15.5. The number of fused-ring (bicyclic) bond motifs is 1. The van der Waals surface area contributed by atoms with E-state index in [1.54, 1.807) is 0 Å². The first kappa shape index (κ1) is 16.8. The van der Waals surface area contributed by atoms with Crippen molar-refractivity contribution in [3.63, 3.8) is 0 Å². The molecule has 3 heterocycles. The number of anilines is 1. The highest BCUT2D eigenvalue weighted by Crippen LogP contribution is 2.40. The number of rotatable bonds is 2. The van der Waals surface area contributed by atoms with Crippen LogP contribution in [0.1, 0.15) is 50.5 Å². The molecule has 1 N–H and O–H groups in total. The molecule has 0 amide bonds. The largest absolute Gasteiger partial charge is 0.462 e. The topological polar surface area (TPSA) is 45.2 Å². The quantitative estimate of drug-likeness (QED) is 0.881. The summed E-state index contributed by atoms with van der Waals surface area (Å²) in [6.07, 6.45) is 7.63. The van der Waals surface area contributed by atoms with Gasteiger partial charge in [0.05, 0.1) is 12.7 Å². The van der Waals surface area contributed by atoms with Gasteiger partial charge in [0.2, 0.25) is 5.79 Å². The van der Waals surface area contributed by atoms with Crippen LogP contribution in [0.3, 0.4) is 0 Å². The molecule has 5 rings (SSSR count). The van der Waals surface area contributed by atoms with Gasteiger partial charge in [0.1, 0.15) is 5.75 Å². The van der Waals surface area contributed by atoms with Crippen LogP contribution in [0.15, 0.2) is 18.2 Å². The number of hydrogen-bond acceptors (Lipinski definition) is 5. The number of hydrogen-bond donors (Lipinski definition) is 1. The lowest BCUT2D eigenvalue weighted by molar-refractivity contribution is -0.231. The minimum absolute atomic E-state index is 0.138. The molecule has 3 fully saturated rings. The van der Waals surface area contributed by atoms with Gasteiger partial charge in [0, 0.05) is 56.3 Å². The van der Waals surface area contributed by atoms with Crippen LogP contribution in [0, 0.1) is 0 Å². The van der Waals surface area contributed by atoms with Crippen LogP contribution < -0.4 is 9.64 Å². The van der Waals surface area contributed by atoms with E-state index in [0.29, 0.717) is 6.61 Å². The molecule has 1 saturated carbocycles. The Bertz CT molecular complexity index is 645. The molecule has 0 bridgehead atoms. The smallest absolute Gasteiger partial charge is 0.213 e. The molecule has 0 aromatic heterocycles. The van der Waals surface area contributed by atoms with E-state index in [4.69, 9.17) is 9.47 Å². The summed E-state index contributed by atoms with van der Waals surface area (Å²) in [5.74, 6) is 0.582. The number of benzene rings is 1. The van der Waals surface area contributed by atoms with Crippen molar-refractivity contribution in [2.45, 2.75) is 69.5 Å². The first-order chi connectivity index (χ1) is 12.7. The second-order valence-electron chi connectivity index (χ2n) is 8.43. The minimum atomic E-state index is -0.413. The lowest BCUT2D eigenvalue weighted by atomic mass is 9.89. The number of aliphatic hydroxyl groups excluding tert-OH is 1. The molecule has 1 aliphatic carbocycles. The molecular weight excluding hydrogens is 328 g/mol. The fourth-order valence-corrected chi connectivity index (χ4v) is 4.77. The molecule has 5 heteroatoms. The maximum atomic E-state index is 9.71. The highest BCUT2D eigenvalue weighted by atomic mass is 16.7. The van der Waals surface area contributed by atoms with Crippen LogP contribution in [0.2, 0.25) is 0 Å². The summed E-state index contributed by atoms with van der Waals surface area (Å²) in [7, 11) is 0. The fraction of sp³-hybridized carbons (Fsp3) is 0.714. The van der Waals surface area contributed by atoms with Gasteiger partial charge >= 0.3 is 0 Å². The van der Waals surface area contributed by atoms with Crippen molar-refractivity contribution < 1.29 is 14.6 Å². The standard InChI is InChI=1S/C21H30N2O3/c24-19-6-10-22(11-7-19)18-4-5-20-16(14-18)15-25-21(26-20)8-12-23(13-9-21)17-2-1-3-17/h4-5,14,17,19,24H,1-3,6-13,15H2. The van der Waals surface area contributed by atoms with E-state index in [2.05, 4.69) is 28.0 Å². The summed E-state index contributed by atoms with van der Waals surface area (Å²) in [6, 6.07) is 7.31. The van der Waals surface area contributed by atoms with Gasteiger partial charge in [0.25, 0.3) is 0 Å². The van der Waals surface area contributed by atoms with E-state index in [1.165, 1.54) is 24.9 Å². The van der Waals surface area contributed by atoms with Gasteiger partial charge in [-0.15, -0.1) is 0 Å². The Kier molecular flexibility index (Phi) is 4.34. The number of piperidine rings is 2. The first-order valence-electron chi connectivity index (χ1n) is 10.3. The number of ether oxygens (including phenoxy) is 2. The van der Waals surface area contributed by atoms with E-state index in [-0.39, 0.29) is 6.10 Å². The van der Waals surface area contributed by atoms with Crippen LogP contribution >= 0.6 is 0 Å². The van der Waals surface area contributed by atoms with Gasteiger partial charge in [0.15, 0.2) is 0 Å². The molecule has 4 aliphatic rings. The van der Waals surface area contributed by atoms with Crippen LogP contribution in [-0.2, 0) is 11.3 Å². The molecule has 3 aliphatic heterocycles. The van der Waals surface area contributed by atoms with Crippen molar-refractivity contribution in [1.29, 1.82) is 0 Å². The Labute approximate surface area is 155 Å². The Morgan fingerprint density at radius 2 is 1.77 bits per heavy atom. The normalized spacial score (nSPS) is 27.0. The summed E-state index contributed by atoms with van der Waals surface area (Å²) in [5.41, 5.74) is 2.37. The number of likely N-dealkylation sites (tertiary alicyclic amines) is 1. The molecule has 0 radical (unpaired) electrons. The van der Waals surface area contributed by atoms with Crippen molar-refractivity contribution in [2.75, 3.05) is 31.1 Å². The highest BCUT2D eigenvalue weighted by molar-refractivity contribution is 5.54. The molecule has 1 spiro atoms. The summed E-state index contributed by atoms with van der Waals surface area (Å²) < 4.78 is 12.7. The molecular formula is C21H30N2O3. The van der Waals surface area contributed by atoms with Gasteiger partial charge in [-0.1, -0.05) is 6.42 Å². The summed E-state index contributed by atoms with van der Waals surface area (Å²) in [5, 5.41) is 9.71. The van der Waals surface area contributed by atoms with Gasteiger partial charge in [-0.25, -0.2) is 0 Å². The summed E-state index contributed by atoms with van der Waals surface area (Å²) in [4.78, 5) is 4.99. The molecule has 0 atom stereocenters. The predicted molar refractivity (Wildman–Crippen MR) is 100 cm³/mol. The van der Waals surface area contributed by atoms with Crippen molar-refractivity contribution in [2.24, 2.45) is 0 Å². The van der Waals surface area contributed by atoms with E-state index >= 15 is 0 Å². The average molecular weight is 358 g/mol. The Morgan fingerprint density at radius 3 is 2.46 bits per heavy atom. The van der Waals surface area contributed by atoms with Gasteiger partial charge in [-0.3, -0.25) is 4.90 Å². The van der Waals surface area contributed by atoms with Crippen LogP contribution in [0.25, 0.3) is 0 Å². The molecule has 1 aromatic rings. The van der Waals surface area contributed by atoms with Gasteiger partial charge in [-0.05, 0) is 43.9 Å². The fourth-order valence-electron chi connectivity index (χ4n) is 4.77. The molecule has 0 unspecified atom stereocenters. The number of aliphatic hydroxyl groups is 1. The van der Waals surface area contributed by atoms with Crippen molar-refractivity contribution >= 4 is 5.69 Å². The SMILES string of the molecule is OC1CCN(c2ccc3c(c2)COC2(CCN(C4CCC4)CC2)O3)CC1. The Morgan fingerprint density at radius 1 is 1.00 bits per heavy atom. The molecule has 26 heavy (non-hydrogen) atoms. The first-order valence-corrected chi connectivity index (χ1v) is 10.3. The lowest BCUT2D eigenvalue weighted by Crippen LogP contribution is -2.54. The monoisotopic (exact) mass is 358 g/mol. The second kappa shape index (κ2) is 6.70. The zero-order chi connectivity index (χ0) is 17.6. The van der Waals surface area contributed by atoms with E-state index < -0.39 is 5.79 Å². The maximum absolute atomic E-state index is 9.71. The van der Waals surface area contributed by atoms with Crippen LogP contribution in [-0.4, -0.2) is 54.1 Å². The highest BCUT2D eigenvalue weighted by Gasteiger charge is 2.42. The average Bonchev–Trinajstić information content (AvgIpc) is 2.63. The van der Waals surface area contributed by atoms with E-state index in [9.17, 15) is 5.11 Å². The van der Waals surface area contributed by atoms with Gasteiger partial charge in [-0.2, -0.15) is 0 Å². The zero-order valence-electron chi connectivity index (χ0n) is 15.5. The summed E-state index contributed by atoms with van der Waals surface area (Å²) in [6.45, 7) is 4.66. The lowest BCUT2D eigenvalue weighted by Gasteiger charge is -2.47. The summed E-state index contributed by atoms with van der Waals surface area (Å²) >= 11 is 0. The van der Waals surface area contributed by atoms with Crippen LogP contribution in [0.5, 0.6) is 5.75 Å². The molecule has 142 valence electrons. The maximum Gasteiger partial charge on any atom is 0.213 e. The molecule has 2 saturated heterocycles.